The van der Waals surface area contributed by atoms with E-state index >= 15 is 0 Å². The fourth-order valence-corrected chi connectivity index (χ4v) is 6.04. The van der Waals surface area contributed by atoms with Gasteiger partial charge in [-0.1, -0.05) is 18.2 Å². The highest BCUT2D eigenvalue weighted by Crippen LogP contribution is 2.56. The predicted octanol–water partition coefficient (Wildman–Crippen LogP) is 2.08. The predicted molar refractivity (Wildman–Crippen MR) is 101 cm³/mol. The molecule has 0 aliphatic carbocycles. The van der Waals surface area contributed by atoms with Gasteiger partial charge in [-0.25, -0.2) is 4.79 Å². The molecule has 1 amide bonds. The number of nitrogens with one attached hydrogen (secondary N) is 1. The number of hydrogen-bond acceptors (Lipinski definition) is 5. The Balaban J connectivity index is 1.60. The number of ether oxygens (including phenoxy) is 2. The Hall–Kier alpha value is -2.38. The van der Waals surface area contributed by atoms with Gasteiger partial charge in [-0.05, 0) is 18.6 Å². The summed E-state index contributed by atoms with van der Waals surface area (Å²) < 4.78 is 10.2. The van der Waals surface area contributed by atoms with Crippen LogP contribution in [-0.4, -0.2) is 48.9 Å². The van der Waals surface area contributed by atoms with Crippen molar-refractivity contribution < 1.29 is 23.7 Å². The highest BCUT2D eigenvalue weighted by atomic mass is 16.6. The molecule has 1 aromatic carbocycles. The van der Waals surface area contributed by atoms with Crippen LogP contribution in [0.15, 0.2) is 36.1 Å². The summed E-state index contributed by atoms with van der Waals surface area (Å²) in [7, 11) is 1.35. The van der Waals surface area contributed by atoms with E-state index in [9.17, 15) is 14.8 Å². The number of benzene rings is 1. The van der Waals surface area contributed by atoms with Crippen molar-refractivity contribution in [3.63, 3.8) is 0 Å². The fourth-order valence-electron chi connectivity index (χ4n) is 6.04. The second-order valence-corrected chi connectivity index (χ2v) is 8.51. The second kappa shape index (κ2) is 5.81. The van der Waals surface area contributed by atoms with E-state index in [0.717, 1.165) is 11.3 Å². The van der Waals surface area contributed by atoms with Crippen LogP contribution in [0.25, 0.3) is 0 Å². The van der Waals surface area contributed by atoms with Crippen LogP contribution >= 0.6 is 0 Å². The molecule has 4 aliphatic rings. The molecule has 0 bridgehead atoms. The topological polar surface area (TPSA) is 87.7 Å². The zero-order valence-electron chi connectivity index (χ0n) is 16.0. The number of para-hydroxylation sites is 1. The van der Waals surface area contributed by atoms with Crippen molar-refractivity contribution in [3.8, 4) is 0 Å². The maximum Gasteiger partial charge on any atom is 0.337 e. The van der Waals surface area contributed by atoms with Gasteiger partial charge in [0.25, 0.3) is 0 Å². The van der Waals surface area contributed by atoms with E-state index < -0.39 is 22.1 Å². The number of anilines is 1. The first-order valence-electron chi connectivity index (χ1n) is 9.83. The van der Waals surface area contributed by atoms with Crippen LogP contribution in [0, 0.1) is 17.0 Å². The molecule has 4 aliphatic heterocycles. The van der Waals surface area contributed by atoms with Gasteiger partial charge in [-0.2, -0.15) is 0 Å². The van der Waals surface area contributed by atoms with Gasteiger partial charge in [0.2, 0.25) is 5.91 Å². The molecule has 0 radical (unpaired) electrons. The van der Waals surface area contributed by atoms with Crippen molar-refractivity contribution in [2.24, 2.45) is 11.8 Å². The lowest BCUT2D eigenvalue weighted by atomic mass is 9.66. The van der Waals surface area contributed by atoms with E-state index in [-0.39, 0.29) is 23.8 Å². The number of carbonyl (C=O) groups excluding carboxylic acids is 2. The Kier molecular flexibility index (Phi) is 3.67. The number of quaternary nitrogens is 1. The van der Waals surface area contributed by atoms with Crippen molar-refractivity contribution >= 4 is 17.6 Å². The summed E-state index contributed by atoms with van der Waals surface area (Å²) in [5, 5.41) is 16.9. The molecule has 6 atom stereocenters. The van der Waals surface area contributed by atoms with Crippen LogP contribution in [-0.2, 0) is 24.5 Å². The van der Waals surface area contributed by atoms with Crippen molar-refractivity contribution in [1.29, 1.82) is 0 Å². The van der Waals surface area contributed by atoms with Gasteiger partial charge >= 0.3 is 5.97 Å². The highest BCUT2D eigenvalue weighted by Gasteiger charge is 2.66. The maximum absolute atomic E-state index is 13.9. The summed E-state index contributed by atoms with van der Waals surface area (Å²) in [4.78, 5) is 25.5. The number of esters is 1. The summed E-state index contributed by atoms with van der Waals surface area (Å²) in [5.41, 5.74) is 1.37. The van der Waals surface area contributed by atoms with Gasteiger partial charge < -0.3 is 24.6 Å². The molecule has 0 aromatic heterocycles. The Bertz CT molecular complexity index is 899. The largest absolute Gasteiger partial charge is 0.633 e. The fraction of sp³-hybridized carbons (Fsp3) is 0.524. The monoisotopic (exact) mass is 384 g/mol. The molecular weight excluding hydrogens is 360 g/mol. The zero-order valence-corrected chi connectivity index (χ0v) is 16.0. The second-order valence-electron chi connectivity index (χ2n) is 8.51. The quantitative estimate of drug-likeness (QED) is 0.455. The third-order valence-corrected chi connectivity index (χ3v) is 7.43. The molecule has 1 spiro atoms. The van der Waals surface area contributed by atoms with Crippen molar-refractivity contribution in [2.45, 2.75) is 37.3 Å². The van der Waals surface area contributed by atoms with Gasteiger partial charge in [0.05, 0.1) is 38.0 Å². The summed E-state index contributed by atoms with van der Waals surface area (Å²) in [6, 6.07) is 7.23. The Morgan fingerprint density at radius 3 is 2.96 bits per heavy atom. The molecular formula is C21H24N2O5. The van der Waals surface area contributed by atoms with Gasteiger partial charge in [0, 0.05) is 24.4 Å². The number of rotatable bonds is 1. The smallest absolute Gasteiger partial charge is 0.337 e. The Labute approximate surface area is 163 Å². The molecule has 28 heavy (non-hydrogen) atoms. The first-order chi connectivity index (χ1) is 13.4. The average molecular weight is 384 g/mol. The average Bonchev–Trinajstić information content (AvgIpc) is 3.16. The van der Waals surface area contributed by atoms with Crippen molar-refractivity contribution in [3.05, 3.63) is 46.9 Å². The number of fused-ring (bicyclic) bond motifs is 5. The van der Waals surface area contributed by atoms with E-state index in [2.05, 4.69) is 5.32 Å². The molecule has 1 aromatic rings. The number of amides is 1. The SMILES string of the molecule is COC(=O)C1=CO[C@@H](C)[C@H]2C[N+]3([O-])CC[C@]4(C(=O)Nc5ccccc54)[C@@H]3C[C@H]12. The molecule has 148 valence electrons. The van der Waals surface area contributed by atoms with Crippen LogP contribution < -0.4 is 5.32 Å². The molecule has 2 saturated heterocycles. The molecule has 1 unspecified atom stereocenters. The minimum Gasteiger partial charge on any atom is -0.633 e. The van der Waals surface area contributed by atoms with E-state index in [4.69, 9.17) is 9.47 Å². The lowest BCUT2D eigenvalue weighted by Crippen LogP contribution is -2.63. The van der Waals surface area contributed by atoms with Gasteiger partial charge in [-0.15, -0.1) is 0 Å². The number of carbonyl (C=O) groups is 2. The first-order valence-corrected chi connectivity index (χ1v) is 9.83. The number of piperidine rings is 1. The summed E-state index contributed by atoms with van der Waals surface area (Å²) in [5.74, 6) is -0.715. The van der Waals surface area contributed by atoms with Crippen molar-refractivity contribution in [1.82, 2.24) is 0 Å². The third kappa shape index (κ3) is 2.11. The molecule has 0 saturated carbocycles. The molecule has 2 fully saturated rings. The van der Waals surface area contributed by atoms with Gasteiger partial charge in [0.1, 0.15) is 17.6 Å². The van der Waals surface area contributed by atoms with Crippen LogP contribution in [0.1, 0.15) is 25.3 Å². The highest BCUT2D eigenvalue weighted by molar-refractivity contribution is 6.07. The minimum absolute atomic E-state index is 0.0669. The Morgan fingerprint density at radius 2 is 2.18 bits per heavy atom. The molecule has 7 heteroatoms. The lowest BCUT2D eigenvalue weighted by molar-refractivity contribution is -0.905. The van der Waals surface area contributed by atoms with Gasteiger partial charge in [0.15, 0.2) is 0 Å². The van der Waals surface area contributed by atoms with Crippen molar-refractivity contribution in [2.75, 3.05) is 25.5 Å². The zero-order chi connectivity index (χ0) is 19.7. The molecule has 4 heterocycles. The maximum atomic E-state index is 13.9. The Morgan fingerprint density at radius 1 is 1.39 bits per heavy atom. The van der Waals surface area contributed by atoms with Crippen LogP contribution in [0.2, 0.25) is 0 Å². The van der Waals surface area contributed by atoms with Crippen LogP contribution in [0.3, 0.4) is 0 Å². The first kappa shape index (κ1) is 17.7. The van der Waals surface area contributed by atoms with Gasteiger partial charge in [-0.3, -0.25) is 4.79 Å². The standard InChI is InChI=1S/C21H24N2O5/c1-12-14-10-23(26)8-7-21(16-5-3-4-6-17(16)22-20(21)25)18(23)9-13(14)15(11-28-12)19(24)27-2/h3-6,11-14,18H,7-10H2,1-2H3,(H,22,25)/t12-,13-,14+,18-,21+,23?/m0/s1. The number of methoxy groups -OCH3 is 1. The summed E-state index contributed by atoms with van der Waals surface area (Å²) in [6.07, 6.45) is 2.34. The number of hydrogen-bond donors (Lipinski definition) is 1. The molecule has 5 rings (SSSR count). The third-order valence-electron chi connectivity index (χ3n) is 7.43. The minimum atomic E-state index is -0.827. The molecule has 1 N–H and O–H groups in total. The van der Waals surface area contributed by atoms with E-state index in [1.165, 1.54) is 13.4 Å². The summed E-state index contributed by atoms with van der Waals surface area (Å²) >= 11 is 0. The number of hydroxylamine groups is 3. The molecule has 7 nitrogen and oxygen atoms in total. The normalized spacial score (nSPS) is 40.7. The van der Waals surface area contributed by atoms with E-state index in [1.54, 1.807) is 0 Å². The van der Waals surface area contributed by atoms with Crippen LogP contribution in [0.4, 0.5) is 5.69 Å². The summed E-state index contributed by atoms with van der Waals surface area (Å²) in [6.45, 7) is 2.69. The van der Waals surface area contributed by atoms with Crippen LogP contribution in [0.5, 0.6) is 0 Å². The number of nitrogens with zero attached hydrogens (tertiary/aromatic N) is 1. The van der Waals surface area contributed by atoms with E-state index in [0.29, 0.717) is 31.5 Å². The lowest BCUT2D eigenvalue weighted by Gasteiger charge is -2.56. The van der Waals surface area contributed by atoms with E-state index in [1.807, 2.05) is 31.2 Å².